The number of pyridine rings is 1. The summed E-state index contributed by atoms with van der Waals surface area (Å²) in [4.78, 5) is 15.5. The number of ether oxygens (including phenoxy) is 1. The van der Waals surface area contributed by atoms with E-state index in [0.29, 0.717) is 11.3 Å². The van der Waals surface area contributed by atoms with Crippen molar-refractivity contribution in [2.45, 2.75) is 9.97 Å². The van der Waals surface area contributed by atoms with E-state index in [4.69, 9.17) is 44.8 Å². The molecule has 0 saturated carbocycles. The third-order valence-corrected chi connectivity index (χ3v) is 4.83. The maximum Gasteiger partial charge on any atom is 0.426 e. The summed E-state index contributed by atoms with van der Waals surface area (Å²) in [5.41, 5.74) is 0.0407. The molecular formula is C16H7Cl3F3N3O2S. The molecule has 3 heterocycles. The number of fused-ring (bicyclic) bond motifs is 1. The molecule has 3 aromatic rings. The number of hydrogen-bond acceptors (Lipinski definition) is 5. The lowest BCUT2D eigenvalue weighted by molar-refractivity contribution is -0.133. The van der Waals surface area contributed by atoms with Crippen LogP contribution >= 0.6 is 46.1 Å². The molecule has 3 rings (SSSR count). The second-order valence-corrected chi connectivity index (χ2v) is 8.88. The van der Waals surface area contributed by atoms with Crippen molar-refractivity contribution >= 4 is 63.3 Å². The molecule has 0 fully saturated rings. The Labute approximate surface area is 174 Å². The monoisotopic (exact) mass is 467 g/mol. The van der Waals surface area contributed by atoms with E-state index in [2.05, 4.69) is 4.98 Å². The molecule has 0 aliphatic rings. The quantitative estimate of drug-likeness (QED) is 0.432. The molecule has 0 saturated heterocycles. The van der Waals surface area contributed by atoms with Crippen LogP contribution in [0.3, 0.4) is 0 Å². The third kappa shape index (κ3) is 4.20. The van der Waals surface area contributed by atoms with Crippen LogP contribution in [0.25, 0.3) is 22.2 Å². The Balaban J connectivity index is 2.18. The molecule has 0 atom stereocenters. The minimum absolute atomic E-state index is 0.00245. The van der Waals surface area contributed by atoms with Gasteiger partial charge in [-0.25, -0.2) is 14.3 Å². The second-order valence-electron chi connectivity index (χ2n) is 5.45. The van der Waals surface area contributed by atoms with Crippen LogP contribution in [0.1, 0.15) is 10.4 Å². The van der Waals surface area contributed by atoms with Gasteiger partial charge in [-0.3, -0.25) is 0 Å². The summed E-state index contributed by atoms with van der Waals surface area (Å²) in [5.74, 6) is 0. The number of rotatable bonds is 2. The van der Waals surface area contributed by atoms with Gasteiger partial charge in [0, 0.05) is 28.9 Å². The molecule has 12 heteroatoms. The molecule has 0 amide bonds. The molecule has 3 aromatic heterocycles. The van der Waals surface area contributed by atoms with Crippen LogP contribution < -0.4 is 0 Å². The predicted octanol–water partition coefficient (Wildman–Crippen LogP) is 6.01. The lowest BCUT2D eigenvalue weighted by Gasteiger charge is -2.11. The van der Waals surface area contributed by atoms with Crippen molar-refractivity contribution in [3.05, 3.63) is 40.3 Å². The van der Waals surface area contributed by atoms with E-state index < -0.39 is 27.5 Å². The van der Waals surface area contributed by atoms with Crippen molar-refractivity contribution in [1.82, 2.24) is 9.55 Å². The Morgan fingerprint density at radius 1 is 1.32 bits per heavy atom. The van der Waals surface area contributed by atoms with Crippen LogP contribution in [0.4, 0.5) is 18.0 Å². The highest BCUT2D eigenvalue weighted by molar-refractivity contribution is 7.10. The van der Waals surface area contributed by atoms with Gasteiger partial charge in [0.2, 0.25) is 3.79 Å². The Morgan fingerprint density at radius 2 is 2.04 bits per heavy atom. The summed E-state index contributed by atoms with van der Waals surface area (Å²) in [5, 5.41) is 10.5. The zero-order valence-corrected chi connectivity index (χ0v) is 16.5. The molecule has 0 aliphatic carbocycles. The zero-order chi connectivity index (χ0) is 20.7. The van der Waals surface area contributed by atoms with E-state index in [-0.39, 0.29) is 27.7 Å². The van der Waals surface area contributed by atoms with Crippen LogP contribution in [0.5, 0.6) is 0 Å². The number of halogens is 6. The number of hydrogen-bond donors (Lipinski definition) is 0. The lowest BCUT2D eigenvalue weighted by atomic mass is 10.1. The van der Waals surface area contributed by atoms with E-state index in [1.165, 1.54) is 23.7 Å². The van der Waals surface area contributed by atoms with Crippen LogP contribution in [-0.4, -0.2) is 26.0 Å². The first-order chi connectivity index (χ1) is 13.0. The van der Waals surface area contributed by atoms with Crippen molar-refractivity contribution in [2.24, 2.45) is 0 Å². The van der Waals surface area contributed by atoms with Gasteiger partial charge in [-0.2, -0.15) is 18.4 Å². The van der Waals surface area contributed by atoms with Crippen LogP contribution in [0.2, 0.25) is 0 Å². The second kappa shape index (κ2) is 7.44. The first-order valence-electron chi connectivity index (χ1n) is 7.31. The predicted molar refractivity (Wildman–Crippen MR) is 99.8 cm³/mol. The summed E-state index contributed by atoms with van der Waals surface area (Å²) in [7, 11) is 0. The van der Waals surface area contributed by atoms with E-state index >= 15 is 0 Å². The molecule has 0 aliphatic heterocycles. The maximum atomic E-state index is 13.3. The Kier molecular flexibility index (Phi) is 5.51. The van der Waals surface area contributed by atoms with E-state index in [1.807, 2.05) is 6.07 Å². The summed E-state index contributed by atoms with van der Waals surface area (Å²) >= 11 is 17.2. The molecule has 0 unspecified atom stereocenters. The van der Waals surface area contributed by atoms with Gasteiger partial charge in [-0.1, -0.05) is 34.8 Å². The van der Waals surface area contributed by atoms with Crippen LogP contribution in [0.15, 0.2) is 29.9 Å². The largest absolute Gasteiger partial charge is 0.444 e. The summed E-state index contributed by atoms with van der Waals surface area (Å²) in [6, 6.07) is 4.48. The van der Waals surface area contributed by atoms with Crippen molar-refractivity contribution in [2.75, 3.05) is 6.61 Å². The first-order valence-corrected chi connectivity index (χ1v) is 9.33. The summed E-state index contributed by atoms with van der Waals surface area (Å²) in [6.07, 6.45) is -3.25. The average Bonchev–Trinajstić information content (AvgIpc) is 3.22. The number of carbonyl (C=O) groups excluding carboxylic acids is 1. The number of alkyl halides is 6. The molecule has 0 aromatic carbocycles. The average molecular weight is 469 g/mol. The smallest absolute Gasteiger partial charge is 0.426 e. The van der Waals surface area contributed by atoms with Gasteiger partial charge < -0.3 is 4.74 Å². The van der Waals surface area contributed by atoms with Crippen molar-refractivity contribution in [3.63, 3.8) is 0 Å². The highest BCUT2D eigenvalue weighted by Crippen LogP contribution is 2.43. The van der Waals surface area contributed by atoms with Crippen molar-refractivity contribution < 1.29 is 22.7 Å². The Hall–Kier alpha value is -1.99. The van der Waals surface area contributed by atoms with Crippen molar-refractivity contribution in [1.29, 1.82) is 5.26 Å². The van der Waals surface area contributed by atoms with Gasteiger partial charge in [0.05, 0.1) is 5.56 Å². The molecule has 0 bridgehead atoms. The normalized spacial score (nSPS) is 12.2. The number of nitriles is 1. The van der Waals surface area contributed by atoms with Gasteiger partial charge in [0.1, 0.15) is 23.2 Å². The summed E-state index contributed by atoms with van der Waals surface area (Å²) < 4.78 is 43.9. The first kappa shape index (κ1) is 20.7. The number of carbonyl (C=O) groups is 1. The molecule has 0 N–H and O–H groups in total. The highest BCUT2D eigenvalue weighted by Gasteiger charge is 2.36. The van der Waals surface area contributed by atoms with Gasteiger partial charge in [0.15, 0.2) is 0 Å². The third-order valence-electron chi connectivity index (χ3n) is 3.54. The molecular weight excluding hydrogens is 462 g/mol. The van der Waals surface area contributed by atoms with Crippen LogP contribution in [-0.2, 0) is 10.9 Å². The number of aromatic nitrogens is 2. The van der Waals surface area contributed by atoms with E-state index in [0.717, 1.165) is 10.8 Å². The van der Waals surface area contributed by atoms with Gasteiger partial charge in [-0.05, 0) is 17.5 Å². The fourth-order valence-corrected chi connectivity index (χ4v) is 3.42. The Morgan fingerprint density at radius 3 is 2.64 bits per heavy atom. The minimum atomic E-state index is -4.59. The zero-order valence-electron chi connectivity index (χ0n) is 13.4. The molecule has 5 nitrogen and oxygen atoms in total. The highest BCUT2D eigenvalue weighted by atomic mass is 35.6. The Bertz CT molecular complexity index is 1100. The number of nitrogens with zero attached hydrogens (tertiary/aromatic N) is 3. The van der Waals surface area contributed by atoms with Gasteiger partial charge in [-0.15, -0.1) is 11.3 Å². The molecule has 146 valence electrons. The SMILES string of the molecule is N#Cc1cnc2c(c1)c(-c1ccsc1C(F)(F)F)cn2C(=O)OCC(Cl)(Cl)Cl. The summed E-state index contributed by atoms with van der Waals surface area (Å²) in [6.45, 7) is -0.575. The molecule has 0 radical (unpaired) electrons. The standard InChI is InChI=1S/C16H7Cl3F3N3O2S/c17-15(18,19)7-27-14(26)25-6-11(9-1-2-28-12(9)16(20,21)22)10-3-8(4-23)5-24-13(10)25/h1-3,5-6H,7H2. The van der Waals surface area contributed by atoms with E-state index in [9.17, 15) is 18.0 Å². The van der Waals surface area contributed by atoms with Gasteiger partial charge in [0.25, 0.3) is 0 Å². The fraction of sp³-hybridized carbons (Fsp3) is 0.188. The topological polar surface area (TPSA) is 67.9 Å². The molecule has 28 heavy (non-hydrogen) atoms. The molecule has 0 spiro atoms. The minimum Gasteiger partial charge on any atom is -0.444 e. The van der Waals surface area contributed by atoms with E-state index in [1.54, 1.807) is 0 Å². The van der Waals surface area contributed by atoms with Crippen LogP contribution in [0, 0.1) is 11.3 Å². The lowest BCUT2D eigenvalue weighted by Crippen LogP contribution is -2.20. The van der Waals surface area contributed by atoms with Gasteiger partial charge >= 0.3 is 12.3 Å². The maximum absolute atomic E-state index is 13.3. The fourth-order valence-electron chi connectivity index (χ4n) is 2.48. The van der Waals surface area contributed by atoms with Crippen molar-refractivity contribution in [3.8, 4) is 17.2 Å². The number of thiophene rings is 1.